The molecule has 0 saturated heterocycles. The van der Waals surface area contributed by atoms with Gasteiger partial charge in [-0.3, -0.25) is 4.31 Å². The fourth-order valence-corrected chi connectivity index (χ4v) is 3.95. The maximum atomic E-state index is 12.2. The van der Waals surface area contributed by atoms with Crippen molar-refractivity contribution in [3.8, 4) is 0 Å². The lowest BCUT2D eigenvalue weighted by Crippen LogP contribution is -2.35. The van der Waals surface area contributed by atoms with E-state index in [0.717, 1.165) is 35.0 Å². The van der Waals surface area contributed by atoms with Crippen LogP contribution in [0.3, 0.4) is 0 Å². The molecule has 0 unspecified atom stereocenters. The molecule has 1 aromatic heterocycles. The van der Waals surface area contributed by atoms with Crippen molar-refractivity contribution in [1.82, 2.24) is 9.97 Å². The largest absolute Gasteiger partial charge is 0.350 e. The first-order valence-electron chi connectivity index (χ1n) is 8.03. The van der Waals surface area contributed by atoms with Gasteiger partial charge < -0.3 is 4.90 Å². The smallest absolute Gasteiger partial charge is 0.232 e. The number of nitrogens with zero attached hydrogens (tertiary/aromatic N) is 4. The van der Waals surface area contributed by atoms with Crippen LogP contribution in [-0.4, -0.2) is 37.7 Å². The van der Waals surface area contributed by atoms with Crippen molar-refractivity contribution >= 4 is 21.5 Å². The van der Waals surface area contributed by atoms with Gasteiger partial charge in [-0.05, 0) is 25.0 Å². The van der Waals surface area contributed by atoms with Gasteiger partial charge in [0, 0.05) is 24.8 Å². The molecule has 1 aliphatic rings. The topological polar surface area (TPSA) is 66.4 Å². The van der Waals surface area contributed by atoms with Crippen LogP contribution in [0.15, 0.2) is 30.3 Å². The Morgan fingerprint density at radius 3 is 2.62 bits per heavy atom. The van der Waals surface area contributed by atoms with E-state index in [-0.39, 0.29) is 0 Å². The second kappa shape index (κ2) is 6.39. The van der Waals surface area contributed by atoms with Gasteiger partial charge in [-0.25, -0.2) is 18.4 Å². The fraction of sp³-hybridized carbons (Fsp3) is 0.412. The molecule has 2 aromatic rings. The molecule has 6 nitrogen and oxygen atoms in total. The summed E-state index contributed by atoms with van der Waals surface area (Å²) in [4.78, 5) is 11.1. The summed E-state index contributed by atoms with van der Waals surface area (Å²) in [6, 6.07) is 9.64. The maximum absolute atomic E-state index is 12.2. The molecule has 0 atom stereocenters. The molecular formula is C17H22N4O2S. The number of aryl methyl sites for hydroxylation is 2. The Kier molecular flexibility index (Phi) is 4.45. The lowest BCUT2D eigenvalue weighted by molar-refractivity contribution is 0.596. The predicted molar refractivity (Wildman–Crippen MR) is 95.8 cm³/mol. The van der Waals surface area contributed by atoms with Gasteiger partial charge in [0.15, 0.2) is 0 Å². The van der Waals surface area contributed by atoms with E-state index in [1.165, 1.54) is 10.6 Å². The molecule has 0 fully saturated rings. The average Bonchev–Trinajstić information content (AvgIpc) is 2.73. The molecule has 3 rings (SSSR count). The van der Waals surface area contributed by atoms with Crippen molar-refractivity contribution in [1.29, 1.82) is 0 Å². The summed E-state index contributed by atoms with van der Waals surface area (Å²) < 4.78 is 25.8. The van der Waals surface area contributed by atoms with Crippen molar-refractivity contribution in [3.05, 3.63) is 47.4 Å². The van der Waals surface area contributed by atoms with E-state index in [0.29, 0.717) is 19.6 Å². The summed E-state index contributed by atoms with van der Waals surface area (Å²) in [5.41, 5.74) is 2.73. The Balaban J connectivity index is 2.02. The van der Waals surface area contributed by atoms with Gasteiger partial charge in [-0.2, -0.15) is 0 Å². The number of anilines is 2. The summed E-state index contributed by atoms with van der Waals surface area (Å²) in [5.74, 6) is 1.59. The zero-order valence-corrected chi connectivity index (χ0v) is 15.0. The third kappa shape index (κ3) is 3.36. The van der Waals surface area contributed by atoms with Crippen LogP contribution in [-0.2, 0) is 23.0 Å². The highest BCUT2D eigenvalue weighted by Crippen LogP contribution is 2.28. The van der Waals surface area contributed by atoms with E-state index in [2.05, 4.69) is 21.8 Å². The highest BCUT2D eigenvalue weighted by Gasteiger charge is 2.26. The van der Waals surface area contributed by atoms with Crippen LogP contribution in [0.25, 0.3) is 0 Å². The standard InChI is InChI=1S/C17H22N4O2S/c1-4-15-11-17(19-13(2)18-15)20-9-10-21(24(3,22)23)16-8-6-5-7-14(16)12-20/h5-8,11H,4,9-10,12H2,1-3H3. The molecule has 24 heavy (non-hydrogen) atoms. The minimum atomic E-state index is -3.32. The average molecular weight is 346 g/mol. The van der Waals surface area contributed by atoms with Crippen molar-refractivity contribution in [2.24, 2.45) is 0 Å². The fourth-order valence-electron chi connectivity index (χ4n) is 3.00. The van der Waals surface area contributed by atoms with Crippen LogP contribution in [0.2, 0.25) is 0 Å². The number of sulfonamides is 1. The summed E-state index contributed by atoms with van der Waals surface area (Å²) in [6.07, 6.45) is 2.10. The van der Waals surface area contributed by atoms with Gasteiger partial charge >= 0.3 is 0 Å². The Morgan fingerprint density at radius 2 is 1.92 bits per heavy atom. The molecule has 0 saturated carbocycles. The molecule has 0 spiro atoms. The normalized spacial score (nSPS) is 15.1. The lowest BCUT2D eigenvalue weighted by Gasteiger charge is -2.23. The number of hydrogen-bond acceptors (Lipinski definition) is 5. The highest BCUT2D eigenvalue weighted by atomic mass is 32.2. The van der Waals surface area contributed by atoms with Crippen LogP contribution in [0, 0.1) is 6.92 Å². The first kappa shape index (κ1) is 16.7. The Morgan fingerprint density at radius 1 is 1.17 bits per heavy atom. The van der Waals surface area contributed by atoms with Gasteiger partial charge in [0.2, 0.25) is 10.0 Å². The van der Waals surface area contributed by atoms with Crippen LogP contribution in [0.5, 0.6) is 0 Å². The Bertz CT molecular complexity index is 851. The Hall–Kier alpha value is -2.15. The molecule has 128 valence electrons. The number of benzene rings is 1. The summed E-state index contributed by atoms with van der Waals surface area (Å²) in [6.45, 7) is 5.56. The third-order valence-corrected chi connectivity index (χ3v) is 5.34. The van der Waals surface area contributed by atoms with E-state index in [1.807, 2.05) is 37.3 Å². The van der Waals surface area contributed by atoms with Gasteiger partial charge in [-0.1, -0.05) is 25.1 Å². The number of hydrogen-bond donors (Lipinski definition) is 0. The summed E-state index contributed by atoms with van der Waals surface area (Å²) >= 11 is 0. The van der Waals surface area contributed by atoms with Gasteiger partial charge in [-0.15, -0.1) is 0 Å². The molecule has 1 aliphatic heterocycles. The molecular weight excluding hydrogens is 324 g/mol. The lowest BCUT2D eigenvalue weighted by atomic mass is 10.1. The third-order valence-electron chi connectivity index (χ3n) is 4.16. The number of rotatable bonds is 3. The van der Waals surface area contributed by atoms with Crippen molar-refractivity contribution < 1.29 is 8.42 Å². The molecule has 1 aromatic carbocycles. The number of para-hydroxylation sites is 1. The summed E-state index contributed by atoms with van der Waals surface area (Å²) in [7, 11) is -3.32. The second-order valence-corrected chi connectivity index (χ2v) is 7.91. The predicted octanol–water partition coefficient (Wildman–Crippen LogP) is 2.13. The van der Waals surface area contributed by atoms with Gasteiger partial charge in [0.1, 0.15) is 11.6 Å². The van der Waals surface area contributed by atoms with Crippen LogP contribution >= 0.6 is 0 Å². The SMILES string of the molecule is CCc1cc(N2CCN(S(C)(=O)=O)c3ccccc3C2)nc(C)n1. The zero-order valence-electron chi connectivity index (χ0n) is 14.2. The molecule has 2 heterocycles. The van der Waals surface area contributed by atoms with E-state index >= 15 is 0 Å². The van der Waals surface area contributed by atoms with Gasteiger partial charge in [0.25, 0.3) is 0 Å². The maximum Gasteiger partial charge on any atom is 0.232 e. The zero-order chi connectivity index (χ0) is 17.3. The van der Waals surface area contributed by atoms with Crippen molar-refractivity contribution in [3.63, 3.8) is 0 Å². The van der Waals surface area contributed by atoms with E-state index in [9.17, 15) is 8.42 Å². The van der Waals surface area contributed by atoms with Crippen molar-refractivity contribution in [2.45, 2.75) is 26.8 Å². The molecule has 0 bridgehead atoms. The number of fused-ring (bicyclic) bond motifs is 1. The van der Waals surface area contributed by atoms with E-state index in [4.69, 9.17) is 0 Å². The van der Waals surface area contributed by atoms with Crippen LogP contribution in [0.4, 0.5) is 11.5 Å². The second-order valence-electron chi connectivity index (χ2n) is 6.00. The first-order chi connectivity index (χ1) is 11.4. The van der Waals surface area contributed by atoms with Gasteiger partial charge in [0.05, 0.1) is 18.5 Å². The number of aromatic nitrogens is 2. The van der Waals surface area contributed by atoms with Crippen molar-refractivity contribution in [2.75, 3.05) is 28.6 Å². The molecule has 0 amide bonds. The monoisotopic (exact) mass is 346 g/mol. The quantitative estimate of drug-likeness (QED) is 0.852. The van der Waals surface area contributed by atoms with E-state index in [1.54, 1.807) is 0 Å². The van der Waals surface area contributed by atoms with Crippen LogP contribution < -0.4 is 9.21 Å². The molecule has 0 N–H and O–H groups in total. The minimum absolute atomic E-state index is 0.403. The minimum Gasteiger partial charge on any atom is -0.350 e. The first-order valence-corrected chi connectivity index (χ1v) is 9.88. The summed E-state index contributed by atoms with van der Waals surface area (Å²) in [5, 5.41) is 0. The van der Waals surface area contributed by atoms with E-state index < -0.39 is 10.0 Å². The molecule has 7 heteroatoms. The molecule has 0 aliphatic carbocycles. The molecule has 0 radical (unpaired) electrons. The van der Waals surface area contributed by atoms with Crippen LogP contribution in [0.1, 0.15) is 24.0 Å². The Labute approximate surface area is 143 Å². The highest BCUT2D eigenvalue weighted by molar-refractivity contribution is 7.92.